The van der Waals surface area contributed by atoms with Crippen molar-refractivity contribution in [1.82, 2.24) is 9.80 Å². The number of hydrogen-bond donors (Lipinski definition) is 2. The van der Waals surface area contributed by atoms with E-state index in [0.717, 1.165) is 25.1 Å². The summed E-state index contributed by atoms with van der Waals surface area (Å²) < 4.78 is 17.1. The molecule has 2 saturated heterocycles. The average Bonchev–Trinajstić information content (AvgIpc) is 3.45. The number of likely N-dealkylation sites (tertiary alicyclic amines) is 1. The van der Waals surface area contributed by atoms with Gasteiger partial charge < -0.3 is 34.1 Å². The zero-order valence-electron chi connectivity index (χ0n) is 16.8. The standard InChI is InChI=1S/C20H25BN2O7/c1-22-4-5-28-11(8-22)6-17(24)23-9-12(10-23)29-16-3-2-13-14-7-15(14)21(27)30-19(13)18(16)20(25)26/h2-3,11-12,14-15,27H,4-10H2,1H3,(H,25,26)/t11-,14?,15-/m1/s1. The predicted molar refractivity (Wildman–Crippen MR) is 106 cm³/mol. The molecule has 10 heteroatoms. The van der Waals surface area contributed by atoms with E-state index in [1.807, 2.05) is 13.1 Å². The van der Waals surface area contributed by atoms with Crippen molar-refractivity contribution in [2.24, 2.45) is 0 Å². The maximum absolute atomic E-state index is 12.5. The number of carboxylic acids is 1. The van der Waals surface area contributed by atoms with Crippen LogP contribution in [0.2, 0.25) is 5.82 Å². The number of rotatable bonds is 5. The van der Waals surface area contributed by atoms with Crippen molar-refractivity contribution in [2.75, 3.05) is 39.8 Å². The molecule has 2 N–H and O–H groups in total. The first-order chi connectivity index (χ1) is 14.4. The molecule has 4 aliphatic rings. The maximum Gasteiger partial charge on any atom is 0.526 e. The van der Waals surface area contributed by atoms with Gasteiger partial charge in [-0.15, -0.1) is 0 Å². The molecule has 1 amide bonds. The molecular formula is C20H25BN2O7. The molecule has 3 atom stereocenters. The molecular weight excluding hydrogens is 391 g/mol. The van der Waals surface area contributed by atoms with Crippen molar-refractivity contribution in [3.05, 3.63) is 23.3 Å². The number of amides is 1. The van der Waals surface area contributed by atoms with E-state index in [0.29, 0.717) is 26.1 Å². The molecule has 3 fully saturated rings. The molecule has 5 rings (SSSR count). The van der Waals surface area contributed by atoms with Gasteiger partial charge in [0.2, 0.25) is 5.91 Å². The number of ether oxygens (including phenoxy) is 2. The lowest BCUT2D eigenvalue weighted by molar-refractivity contribution is -0.144. The first kappa shape index (κ1) is 19.7. The van der Waals surface area contributed by atoms with Gasteiger partial charge in [-0.2, -0.15) is 0 Å². The summed E-state index contributed by atoms with van der Waals surface area (Å²) in [6.45, 7) is 3.07. The number of morpholine rings is 1. The van der Waals surface area contributed by atoms with Gasteiger partial charge in [-0.25, -0.2) is 4.79 Å². The number of benzene rings is 1. The van der Waals surface area contributed by atoms with E-state index in [-0.39, 0.29) is 46.9 Å². The fraction of sp³-hybridized carbons (Fsp3) is 0.600. The summed E-state index contributed by atoms with van der Waals surface area (Å²) in [6.07, 6.45) is 0.769. The molecule has 9 nitrogen and oxygen atoms in total. The van der Waals surface area contributed by atoms with Gasteiger partial charge in [0.25, 0.3) is 0 Å². The van der Waals surface area contributed by atoms with Crippen molar-refractivity contribution < 1.29 is 33.8 Å². The molecule has 0 aromatic heterocycles. The Morgan fingerprint density at radius 1 is 1.30 bits per heavy atom. The Labute approximate surface area is 174 Å². The number of carboxylic acid groups (broad SMARTS) is 1. The van der Waals surface area contributed by atoms with E-state index in [9.17, 15) is 19.7 Å². The predicted octanol–water partition coefficient (Wildman–Crippen LogP) is 0.425. The number of fused-ring (bicyclic) bond motifs is 3. The summed E-state index contributed by atoms with van der Waals surface area (Å²) >= 11 is 0. The second kappa shape index (κ2) is 7.44. The van der Waals surface area contributed by atoms with Crippen molar-refractivity contribution >= 4 is 19.0 Å². The van der Waals surface area contributed by atoms with Crippen molar-refractivity contribution in [3.8, 4) is 11.5 Å². The average molecular weight is 416 g/mol. The van der Waals surface area contributed by atoms with Gasteiger partial charge in [-0.1, -0.05) is 6.07 Å². The molecule has 1 aromatic rings. The molecule has 0 bridgehead atoms. The summed E-state index contributed by atoms with van der Waals surface area (Å²) in [6, 6.07) is 3.49. The molecule has 160 valence electrons. The Balaban J connectivity index is 1.22. The topological polar surface area (TPSA) is 109 Å². The van der Waals surface area contributed by atoms with Gasteiger partial charge in [-0.3, -0.25) is 4.79 Å². The normalized spacial score (nSPS) is 28.1. The highest BCUT2D eigenvalue weighted by atomic mass is 16.5. The molecule has 1 aliphatic carbocycles. The second-order valence-electron chi connectivity index (χ2n) is 8.67. The van der Waals surface area contributed by atoms with Crippen LogP contribution < -0.4 is 9.39 Å². The van der Waals surface area contributed by atoms with Crippen LogP contribution in [0.1, 0.15) is 34.7 Å². The van der Waals surface area contributed by atoms with Gasteiger partial charge in [-0.05, 0) is 31.0 Å². The van der Waals surface area contributed by atoms with Crippen LogP contribution in [-0.4, -0.2) is 91.0 Å². The highest BCUT2D eigenvalue weighted by Gasteiger charge is 2.54. The third kappa shape index (κ3) is 3.53. The van der Waals surface area contributed by atoms with E-state index in [1.165, 1.54) is 0 Å². The van der Waals surface area contributed by atoms with Gasteiger partial charge in [0.15, 0.2) is 0 Å². The lowest BCUT2D eigenvalue weighted by Crippen LogP contribution is -2.57. The fourth-order valence-electron chi connectivity index (χ4n) is 4.61. The molecule has 0 radical (unpaired) electrons. The van der Waals surface area contributed by atoms with Crippen molar-refractivity contribution in [2.45, 2.75) is 36.8 Å². The monoisotopic (exact) mass is 416 g/mol. The van der Waals surface area contributed by atoms with Crippen LogP contribution in [-0.2, 0) is 9.53 Å². The van der Waals surface area contributed by atoms with Gasteiger partial charge in [0.1, 0.15) is 23.2 Å². The molecule has 3 aliphatic heterocycles. The van der Waals surface area contributed by atoms with Crippen LogP contribution in [0.15, 0.2) is 12.1 Å². The summed E-state index contributed by atoms with van der Waals surface area (Å²) in [5.41, 5.74) is 0.762. The fourth-order valence-corrected chi connectivity index (χ4v) is 4.61. The van der Waals surface area contributed by atoms with Crippen LogP contribution in [0, 0.1) is 0 Å². The Morgan fingerprint density at radius 3 is 2.83 bits per heavy atom. The molecule has 1 aromatic carbocycles. The number of likely N-dealkylation sites (N-methyl/N-ethyl adjacent to an activating group) is 1. The number of carbonyl (C=O) groups excluding carboxylic acids is 1. The van der Waals surface area contributed by atoms with Gasteiger partial charge >= 0.3 is 13.1 Å². The Morgan fingerprint density at radius 2 is 2.10 bits per heavy atom. The minimum atomic E-state index is -1.15. The highest BCUT2D eigenvalue weighted by molar-refractivity contribution is 6.48. The first-order valence-corrected chi connectivity index (χ1v) is 10.4. The highest BCUT2D eigenvalue weighted by Crippen LogP contribution is 2.60. The van der Waals surface area contributed by atoms with E-state index < -0.39 is 13.1 Å². The molecule has 3 heterocycles. The third-order valence-corrected chi connectivity index (χ3v) is 6.45. The molecule has 1 unspecified atom stereocenters. The molecule has 0 spiro atoms. The smallest absolute Gasteiger partial charge is 0.526 e. The van der Waals surface area contributed by atoms with E-state index in [1.54, 1.807) is 11.0 Å². The number of carbonyl (C=O) groups is 2. The number of hydrogen-bond acceptors (Lipinski definition) is 7. The van der Waals surface area contributed by atoms with Crippen molar-refractivity contribution in [3.63, 3.8) is 0 Å². The van der Waals surface area contributed by atoms with E-state index >= 15 is 0 Å². The van der Waals surface area contributed by atoms with Crippen LogP contribution >= 0.6 is 0 Å². The Bertz CT molecular complexity index is 875. The summed E-state index contributed by atoms with van der Waals surface area (Å²) in [4.78, 5) is 28.2. The second-order valence-corrected chi connectivity index (χ2v) is 8.67. The molecule has 1 saturated carbocycles. The summed E-state index contributed by atoms with van der Waals surface area (Å²) in [7, 11) is 1.03. The van der Waals surface area contributed by atoms with E-state index in [2.05, 4.69) is 4.90 Å². The number of aromatic carboxylic acids is 1. The minimum absolute atomic E-state index is 0.0188. The van der Waals surface area contributed by atoms with Crippen LogP contribution in [0.5, 0.6) is 11.5 Å². The van der Waals surface area contributed by atoms with Crippen LogP contribution in [0.25, 0.3) is 0 Å². The van der Waals surface area contributed by atoms with Crippen LogP contribution in [0.4, 0.5) is 0 Å². The Kier molecular flexibility index (Phi) is 4.87. The third-order valence-electron chi connectivity index (χ3n) is 6.45. The van der Waals surface area contributed by atoms with Crippen molar-refractivity contribution in [1.29, 1.82) is 0 Å². The summed E-state index contributed by atoms with van der Waals surface area (Å²) in [5, 5.41) is 19.8. The lowest BCUT2D eigenvalue weighted by atomic mass is 9.77. The minimum Gasteiger partial charge on any atom is -0.535 e. The zero-order valence-corrected chi connectivity index (χ0v) is 16.8. The maximum atomic E-state index is 12.5. The Hall–Kier alpha value is -2.30. The molecule has 30 heavy (non-hydrogen) atoms. The largest absolute Gasteiger partial charge is 0.535 e. The van der Waals surface area contributed by atoms with E-state index in [4.69, 9.17) is 14.1 Å². The SMILES string of the molecule is CN1CCO[C@H](CC(=O)N2CC(Oc3ccc4c(c3C(=O)O)OB(O)[C@@H]3CC43)C2)C1. The number of nitrogens with zero attached hydrogens (tertiary/aromatic N) is 2. The first-order valence-electron chi connectivity index (χ1n) is 10.4. The van der Waals surface area contributed by atoms with Gasteiger partial charge in [0.05, 0.1) is 32.2 Å². The van der Waals surface area contributed by atoms with Gasteiger partial charge in [0, 0.05) is 18.9 Å². The lowest BCUT2D eigenvalue weighted by Gasteiger charge is -2.40. The quantitative estimate of drug-likeness (QED) is 0.666. The zero-order chi connectivity index (χ0) is 21.0. The van der Waals surface area contributed by atoms with Crippen LogP contribution in [0.3, 0.4) is 0 Å². The summed E-state index contributed by atoms with van der Waals surface area (Å²) in [5.74, 6) is -0.526.